The summed E-state index contributed by atoms with van der Waals surface area (Å²) in [5.41, 5.74) is 3.63. The molecule has 0 unspecified atom stereocenters. The number of allylic oxidation sites excluding steroid dienone is 4. The van der Waals surface area contributed by atoms with Gasteiger partial charge in [-0.05, 0) is 108 Å². The van der Waals surface area contributed by atoms with Crippen molar-refractivity contribution in [3.63, 3.8) is 0 Å². The lowest BCUT2D eigenvalue weighted by Crippen LogP contribution is -1.88. The van der Waals surface area contributed by atoms with Crippen molar-refractivity contribution in [2.24, 2.45) is 0 Å². The summed E-state index contributed by atoms with van der Waals surface area (Å²) < 4.78 is 1.14. The zero-order valence-electron chi connectivity index (χ0n) is 21.3. The summed E-state index contributed by atoms with van der Waals surface area (Å²) in [5.74, 6) is 9.27. The number of benzene rings is 4. The number of hydrogen-bond donors (Lipinski definition) is 0. The van der Waals surface area contributed by atoms with Gasteiger partial charge in [0.1, 0.15) is 0 Å². The van der Waals surface area contributed by atoms with Gasteiger partial charge in [0, 0.05) is 10.0 Å². The number of halogens is 1. The van der Waals surface area contributed by atoms with Gasteiger partial charge in [-0.15, -0.1) is 6.42 Å². The maximum absolute atomic E-state index is 5.18. The van der Waals surface area contributed by atoms with Crippen molar-refractivity contribution in [3.8, 4) is 24.2 Å². The fourth-order valence-corrected chi connectivity index (χ4v) is 4.88. The normalized spacial score (nSPS) is 14.0. The lowest BCUT2D eigenvalue weighted by Gasteiger charge is -2.05. The molecule has 0 nitrogen and oxygen atoms in total. The third kappa shape index (κ3) is 9.10. The van der Waals surface area contributed by atoms with E-state index in [4.69, 9.17) is 6.42 Å². The molecule has 0 spiro atoms. The molecule has 0 atom stereocenters. The minimum Gasteiger partial charge on any atom is -0.115 e. The van der Waals surface area contributed by atoms with Gasteiger partial charge in [0.2, 0.25) is 0 Å². The predicted octanol–water partition coefficient (Wildman–Crippen LogP) is 11.1. The Labute approximate surface area is 238 Å². The molecule has 0 saturated heterocycles. The first-order chi connectivity index (χ1) is 18.2. The van der Waals surface area contributed by atoms with Crippen molar-refractivity contribution in [3.05, 3.63) is 118 Å². The van der Waals surface area contributed by atoms with Crippen molar-refractivity contribution in [1.29, 1.82) is 0 Å². The fraction of sp³-hybridized carbons (Fsp3) is 0.243. The summed E-state index contributed by atoms with van der Waals surface area (Å²) in [6, 6.07) is 29.5. The van der Waals surface area contributed by atoms with Gasteiger partial charge in [0.25, 0.3) is 0 Å². The molecule has 0 heterocycles. The molecular formula is C37H37Br. The van der Waals surface area contributed by atoms with E-state index in [1.807, 2.05) is 0 Å². The minimum atomic E-state index is 0. The van der Waals surface area contributed by atoms with Gasteiger partial charge >= 0.3 is 0 Å². The van der Waals surface area contributed by atoms with E-state index in [2.05, 4.69) is 131 Å². The van der Waals surface area contributed by atoms with Crippen molar-refractivity contribution in [2.75, 3.05) is 0 Å². The van der Waals surface area contributed by atoms with E-state index in [0.29, 0.717) is 0 Å². The third-order valence-corrected chi connectivity index (χ3v) is 7.09. The Bertz CT molecular complexity index is 1500. The molecule has 0 saturated carbocycles. The minimum absolute atomic E-state index is 0. The Morgan fingerprint density at radius 3 is 1.68 bits per heavy atom. The van der Waals surface area contributed by atoms with Crippen LogP contribution in [-0.2, 0) is 0 Å². The molecule has 2 aliphatic carbocycles. The van der Waals surface area contributed by atoms with E-state index in [1.54, 1.807) is 0 Å². The highest BCUT2D eigenvalue weighted by Crippen LogP contribution is 2.19. The number of fused-ring (bicyclic) bond motifs is 2. The molecule has 4 aromatic carbocycles. The van der Waals surface area contributed by atoms with Crippen LogP contribution in [0.25, 0.3) is 21.5 Å². The molecule has 0 aliphatic heterocycles. The summed E-state index contributed by atoms with van der Waals surface area (Å²) in [7, 11) is 0. The van der Waals surface area contributed by atoms with Crippen LogP contribution in [0.4, 0.5) is 0 Å². The van der Waals surface area contributed by atoms with Crippen LogP contribution in [0.5, 0.6) is 0 Å². The zero-order chi connectivity index (χ0) is 25.7. The summed E-state index contributed by atoms with van der Waals surface area (Å²) in [6.07, 6.45) is 19.5. The maximum atomic E-state index is 5.18. The lowest BCUT2D eigenvalue weighted by molar-refractivity contribution is 0.715. The Hall–Kier alpha value is -3.52. The molecule has 1 heteroatoms. The summed E-state index contributed by atoms with van der Waals surface area (Å²) in [5, 5.41) is 5.11. The van der Waals surface area contributed by atoms with Crippen LogP contribution in [0, 0.1) is 24.2 Å². The summed E-state index contributed by atoms with van der Waals surface area (Å²) in [4.78, 5) is 0. The van der Waals surface area contributed by atoms with Crippen LogP contribution in [0.15, 0.2) is 113 Å². The van der Waals surface area contributed by atoms with E-state index in [9.17, 15) is 0 Å². The van der Waals surface area contributed by atoms with Crippen LogP contribution < -0.4 is 0 Å². The quantitative estimate of drug-likeness (QED) is 0.187. The zero-order valence-corrected chi connectivity index (χ0v) is 22.9. The number of terminal acetylenes is 1. The molecule has 38 heavy (non-hydrogen) atoms. The van der Waals surface area contributed by atoms with Gasteiger partial charge in [-0.25, -0.2) is 0 Å². The number of hydrogen-bond acceptors (Lipinski definition) is 0. The fourth-order valence-electron chi connectivity index (χ4n) is 4.50. The monoisotopic (exact) mass is 560 g/mol. The molecule has 192 valence electrons. The maximum Gasteiger partial charge on any atom is 0.0255 e. The van der Waals surface area contributed by atoms with Crippen LogP contribution >= 0.6 is 15.9 Å². The van der Waals surface area contributed by atoms with Crippen molar-refractivity contribution in [1.82, 2.24) is 0 Å². The molecule has 4 aromatic rings. The SMILES string of the molecule is Brc1ccc2ccccc2c1.C.C#CC1=CCCCC1.C(#Cc1ccc2ccccc2c1)C1=CCCCC1. The van der Waals surface area contributed by atoms with Crippen molar-refractivity contribution < 1.29 is 0 Å². The van der Waals surface area contributed by atoms with E-state index in [1.165, 1.54) is 71.2 Å². The van der Waals surface area contributed by atoms with Crippen molar-refractivity contribution >= 4 is 37.5 Å². The molecular weight excluding hydrogens is 524 g/mol. The summed E-state index contributed by atoms with van der Waals surface area (Å²) in [6.45, 7) is 0. The Kier molecular flexibility index (Phi) is 12.0. The third-order valence-electron chi connectivity index (χ3n) is 6.60. The van der Waals surface area contributed by atoms with Crippen LogP contribution in [-0.4, -0.2) is 0 Å². The van der Waals surface area contributed by atoms with E-state index >= 15 is 0 Å². The van der Waals surface area contributed by atoms with Crippen LogP contribution in [0.2, 0.25) is 0 Å². The second-order valence-electron chi connectivity index (χ2n) is 9.40. The summed E-state index contributed by atoms with van der Waals surface area (Å²) >= 11 is 3.43. The second-order valence-corrected chi connectivity index (χ2v) is 10.3. The topological polar surface area (TPSA) is 0 Å². The highest BCUT2D eigenvalue weighted by atomic mass is 79.9. The van der Waals surface area contributed by atoms with Gasteiger partial charge in [-0.3, -0.25) is 0 Å². The first kappa shape index (κ1) is 29.0. The van der Waals surface area contributed by atoms with E-state index in [-0.39, 0.29) is 7.43 Å². The average molecular weight is 562 g/mol. The highest BCUT2D eigenvalue weighted by molar-refractivity contribution is 9.10. The Morgan fingerprint density at radius 1 is 0.579 bits per heavy atom. The van der Waals surface area contributed by atoms with E-state index in [0.717, 1.165) is 22.9 Å². The second kappa shape index (κ2) is 15.7. The smallest absolute Gasteiger partial charge is 0.0255 e. The number of rotatable bonds is 0. The largest absolute Gasteiger partial charge is 0.115 e. The first-order valence-electron chi connectivity index (χ1n) is 13.2. The molecule has 0 aromatic heterocycles. The molecule has 0 N–H and O–H groups in total. The van der Waals surface area contributed by atoms with Crippen LogP contribution in [0.1, 0.15) is 64.4 Å². The van der Waals surface area contributed by atoms with Gasteiger partial charge in [0.15, 0.2) is 0 Å². The predicted molar refractivity (Wildman–Crippen MR) is 171 cm³/mol. The van der Waals surface area contributed by atoms with Crippen molar-refractivity contribution in [2.45, 2.75) is 58.8 Å². The first-order valence-corrected chi connectivity index (χ1v) is 14.0. The molecule has 0 radical (unpaired) electrons. The highest BCUT2D eigenvalue weighted by Gasteiger charge is 2.00. The molecule has 2 aliphatic rings. The molecule has 0 bridgehead atoms. The molecule has 0 amide bonds. The standard InChI is InChI=1S/C18H16.C10H7Br.C8H10.CH4/c1-2-6-15(7-3-1)10-11-16-12-13-17-8-4-5-9-18(17)14-16;11-10-6-5-8-3-1-2-4-9(8)7-10;1-2-8-6-4-3-5-7-8;/h4-6,8-9,12-14H,1-3,7H2;1-7H;1,6H,3-5,7H2;1H4. The lowest BCUT2D eigenvalue weighted by atomic mass is 9.99. The molecule has 0 fully saturated rings. The Balaban J connectivity index is 0.000000171. The van der Waals surface area contributed by atoms with Gasteiger partial charge < -0.3 is 0 Å². The van der Waals surface area contributed by atoms with Gasteiger partial charge in [-0.1, -0.05) is 114 Å². The Morgan fingerprint density at radius 2 is 1.13 bits per heavy atom. The average Bonchev–Trinajstić information content (AvgIpc) is 2.97. The van der Waals surface area contributed by atoms with Gasteiger partial charge in [0.05, 0.1) is 0 Å². The van der Waals surface area contributed by atoms with Crippen LogP contribution in [0.3, 0.4) is 0 Å². The van der Waals surface area contributed by atoms with E-state index < -0.39 is 0 Å². The van der Waals surface area contributed by atoms with Gasteiger partial charge in [-0.2, -0.15) is 0 Å². The molecule has 6 rings (SSSR count).